The normalized spacial score (nSPS) is 10.8. The van der Waals surface area contributed by atoms with E-state index in [-0.39, 0.29) is 17.1 Å². The van der Waals surface area contributed by atoms with Crippen molar-refractivity contribution >= 4 is 22.1 Å². The Labute approximate surface area is 97.1 Å². The Morgan fingerprint density at radius 3 is 2.41 bits per heavy atom. The highest BCUT2D eigenvalue weighted by Gasteiger charge is 2.31. The molecule has 0 N–H and O–H groups in total. The highest BCUT2D eigenvalue weighted by molar-refractivity contribution is 7.90. The molecule has 17 heavy (non-hydrogen) atoms. The van der Waals surface area contributed by atoms with E-state index >= 15 is 0 Å². The summed E-state index contributed by atoms with van der Waals surface area (Å²) >= 11 is 0. The fourth-order valence-corrected chi connectivity index (χ4v) is 2.49. The van der Waals surface area contributed by atoms with Gasteiger partial charge in [-0.2, -0.15) is 8.42 Å². The number of aryl methyl sites for hydroxylation is 2. The first-order valence-electron chi connectivity index (χ1n) is 4.37. The summed E-state index contributed by atoms with van der Waals surface area (Å²) in [6.07, 6.45) is 0.920. The van der Waals surface area contributed by atoms with Crippen LogP contribution >= 0.6 is 0 Å². The van der Waals surface area contributed by atoms with Crippen molar-refractivity contribution in [3.63, 3.8) is 0 Å². The molecule has 7 nitrogen and oxygen atoms in total. The average Bonchev–Trinajstić information content (AvgIpc) is 2.53. The lowest BCUT2D eigenvalue weighted by Gasteiger charge is -1.99. The van der Waals surface area contributed by atoms with Crippen molar-refractivity contribution in [2.24, 2.45) is 4.40 Å². The van der Waals surface area contributed by atoms with Crippen molar-refractivity contribution in [2.45, 2.75) is 18.7 Å². The number of carbonyl (C=O) groups excluding carboxylic acids is 2. The number of isocyanates is 1. The van der Waals surface area contributed by atoms with Crippen LogP contribution in [-0.2, 0) is 19.6 Å². The molecule has 0 fully saturated rings. The zero-order valence-corrected chi connectivity index (χ0v) is 10.1. The van der Waals surface area contributed by atoms with Crippen LogP contribution < -0.4 is 0 Å². The number of sulfonamides is 1. The van der Waals surface area contributed by atoms with E-state index in [4.69, 9.17) is 4.42 Å². The average molecular weight is 259 g/mol. The predicted molar refractivity (Wildman–Crippen MR) is 54.8 cm³/mol. The highest BCUT2D eigenvalue weighted by atomic mass is 32.2. The van der Waals surface area contributed by atoms with Crippen LogP contribution in [0.2, 0.25) is 0 Å². The fourth-order valence-electron chi connectivity index (χ4n) is 1.41. The number of ether oxygens (including phenoxy) is 1. The summed E-state index contributed by atoms with van der Waals surface area (Å²) in [5, 5.41) is 0. The Hall–Kier alpha value is -1.92. The van der Waals surface area contributed by atoms with Crippen LogP contribution in [0.4, 0.5) is 0 Å². The second kappa shape index (κ2) is 4.52. The molecule has 0 radical (unpaired) electrons. The van der Waals surface area contributed by atoms with E-state index in [0.717, 1.165) is 13.2 Å². The molecule has 1 heterocycles. The molecule has 0 bridgehead atoms. The Morgan fingerprint density at radius 1 is 1.35 bits per heavy atom. The summed E-state index contributed by atoms with van der Waals surface area (Å²) in [7, 11) is -3.20. The first kappa shape index (κ1) is 13.1. The zero-order chi connectivity index (χ0) is 13.2. The number of rotatable bonds is 3. The summed E-state index contributed by atoms with van der Waals surface area (Å²) in [6, 6.07) is 0. The van der Waals surface area contributed by atoms with Gasteiger partial charge in [-0.05, 0) is 13.8 Å². The standard InChI is InChI=1S/C9H9NO6S/c1-5-7(9(12)15-3)8(6(2)16-5)17(13,14)10-4-11/h1-3H3. The van der Waals surface area contributed by atoms with Crippen LogP contribution in [0.15, 0.2) is 13.7 Å². The Bertz CT molecular complexity index is 606. The molecule has 1 aromatic rings. The van der Waals surface area contributed by atoms with Crippen molar-refractivity contribution in [1.82, 2.24) is 0 Å². The van der Waals surface area contributed by atoms with E-state index in [1.165, 1.54) is 13.8 Å². The van der Waals surface area contributed by atoms with Gasteiger partial charge in [0.1, 0.15) is 22.0 Å². The second-order valence-electron chi connectivity index (χ2n) is 3.07. The van der Waals surface area contributed by atoms with E-state index in [2.05, 4.69) is 9.13 Å². The van der Waals surface area contributed by atoms with Gasteiger partial charge in [0, 0.05) is 0 Å². The van der Waals surface area contributed by atoms with Crippen molar-refractivity contribution in [3.8, 4) is 0 Å². The van der Waals surface area contributed by atoms with E-state index < -0.39 is 20.9 Å². The van der Waals surface area contributed by atoms with Gasteiger partial charge >= 0.3 is 5.97 Å². The lowest BCUT2D eigenvalue weighted by molar-refractivity contribution is 0.0595. The molecule has 92 valence electrons. The van der Waals surface area contributed by atoms with Crippen LogP contribution in [0.5, 0.6) is 0 Å². The minimum Gasteiger partial charge on any atom is -0.465 e. The third-order valence-corrected chi connectivity index (χ3v) is 3.33. The predicted octanol–water partition coefficient (Wildman–Crippen LogP) is 0.708. The van der Waals surface area contributed by atoms with Gasteiger partial charge in [0.05, 0.1) is 7.11 Å². The molecule has 0 unspecified atom stereocenters. The Morgan fingerprint density at radius 2 is 1.94 bits per heavy atom. The summed E-state index contributed by atoms with van der Waals surface area (Å²) in [4.78, 5) is 21.0. The lowest BCUT2D eigenvalue weighted by Crippen LogP contribution is -2.09. The highest BCUT2D eigenvalue weighted by Crippen LogP contribution is 2.28. The van der Waals surface area contributed by atoms with Crippen LogP contribution in [0.1, 0.15) is 21.9 Å². The molecule has 0 spiro atoms. The minimum atomic E-state index is -4.30. The molecule has 0 atom stereocenters. The summed E-state index contributed by atoms with van der Waals surface area (Å²) < 4.78 is 35.4. The summed E-state index contributed by atoms with van der Waals surface area (Å²) in [6.45, 7) is 2.75. The largest absolute Gasteiger partial charge is 0.465 e. The van der Waals surface area contributed by atoms with Gasteiger partial charge in [-0.3, -0.25) is 0 Å². The molecule has 0 saturated carbocycles. The number of nitrogens with zero attached hydrogens (tertiary/aromatic N) is 1. The van der Waals surface area contributed by atoms with Crippen molar-refractivity contribution in [2.75, 3.05) is 7.11 Å². The maximum atomic E-state index is 11.6. The quantitative estimate of drug-likeness (QED) is 0.450. The van der Waals surface area contributed by atoms with Gasteiger partial charge in [0.2, 0.25) is 0 Å². The number of carbonyl (C=O) groups is 1. The maximum absolute atomic E-state index is 11.6. The molecule has 0 amide bonds. The van der Waals surface area contributed by atoms with E-state index in [0.29, 0.717) is 0 Å². The molecule has 8 heteroatoms. The first-order chi connectivity index (χ1) is 7.85. The molecule has 1 rings (SSSR count). The van der Waals surface area contributed by atoms with E-state index in [1.807, 2.05) is 0 Å². The second-order valence-corrected chi connectivity index (χ2v) is 4.61. The van der Waals surface area contributed by atoms with Gasteiger partial charge in [-0.1, -0.05) is 4.40 Å². The zero-order valence-electron chi connectivity index (χ0n) is 9.30. The van der Waals surface area contributed by atoms with Crippen LogP contribution in [0.25, 0.3) is 0 Å². The van der Waals surface area contributed by atoms with Gasteiger partial charge < -0.3 is 9.15 Å². The number of hydrogen-bond donors (Lipinski definition) is 0. The smallest absolute Gasteiger partial charge is 0.342 e. The fraction of sp³-hybridized carbons (Fsp3) is 0.333. The molecule has 0 aliphatic carbocycles. The van der Waals surface area contributed by atoms with Crippen LogP contribution in [-0.4, -0.2) is 27.6 Å². The number of furan rings is 1. The number of esters is 1. The summed E-state index contributed by atoms with van der Waals surface area (Å²) in [5.41, 5.74) is -0.260. The third-order valence-electron chi connectivity index (χ3n) is 2.01. The van der Waals surface area contributed by atoms with E-state index in [1.54, 1.807) is 0 Å². The monoisotopic (exact) mass is 259 g/mol. The van der Waals surface area contributed by atoms with E-state index in [9.17, 15) is 18.0 Å². The van der Waals surface area contributed by atoms with Gasteiger partial charge in [0.25, 0.3) is 16.1 Å². The molecule has 0 aliphatic heterocycles. The Kier molecular flexibility index (Phi) is 3.50. The molecular weight excluding hydrogens is 250 g/mol. The van der Waals surface area contributed by atoms with Crippen molar-refractivity contribution < 1.29 is 27.2 Å². The van der Waals surface area contributed by atoms with Crippen molar-refractivity contribution in [1.29, 1.82) is 0 Å². The minimum absolute atomic E-state index is 0.0399. The Balaban J connectivity index is 3.65. The molecule has 1 aromatic heterocycles. The van der Waals surface area contributed by atoms with Gasteiger partial charge in [-0.25, -0.2) is 9.59 Å². The maximum Gasteiger partial charge on any atom is 0.342 e. The SMILES string of the molecule is COC(=O)c1c(C)oc(C)c1S(=O)(=O)N=C=O. The molecule has 0 aliphatic rings. The molecule has 0 saturated heterocycles. The van der Waals surface area contributed by atoms with Crippen LogP contribution in [0.3, 0.4) is 0 Å². The topological polar surface area (TPSA) is 103 Å². The van der Waals surface area contributed by atoms with Gasteiger partial charge in [-0.15, -0.1) is 0 Å². The van der Waals surface area contributed by atoms with Crippen molar-refractivity contribution in [3.05, 3.63) is 17.1 Å². The lowest BCUT2D eigenvalue weighted by atomic mass is 10.2. The third kappa shape index (κ3) is 2.27. The number of hydrogen-bond acceptors (Lipinski definition) is 6. The summed E-state index contributed by atoms with van der Waals surface area (Å²) in [5.74, 6) is -0.838. The van der Waals surface area contributed by atoms with Crippen LogP contribution in [0, 0.1) is 13.8 Å². The molecular formula is C9H9NO6S. The van der Waals surface area contributed by atoms with Gasteiger partial charge in [0.15, 0.2) is 0 Å². The number of methoxy groups -OCH3 is 1. The first-order valence-corrected chi connectivity index (χ1v) is 5.81. The molecule has 0 aromatic carbocycles.